The molecule has 0 aliphatic rings. The van der Waals surface area contributed by atoms with Crippen molar-refractivity contribution in [3.8, 4) is 0 Å². The van der Waals surface area contributed by atoms with Crippen LogP contribution in [0.25, 0.3) is 0 Å². The minimum atomic E-state index is -3.74. The van der Waals surface area contributed by atoms with Crippen LogP contribution in [-0.2, 0) is 21.2 Å². The van der Waals surface area contributed by atoms with E-state index in [0.717, 1.165) is 23.3 Å². The SMILES string of the molecule is CC(=O)Nc1nnc(S(=O)(=O)N[C@H](C)CCc2ccccc2)s1. The van der Waals surface area contributed by atoms with Crippen molar-refractivity contribution < 1.29 is 13.2 Å². The van der Waals surface area contributed by atoms with Crippen molar-refractivity contribution in [2.75, 3.05) is 5.32 Å². The van der Waals surface area contributed by atoms with Crippen molar-refractivity contribution in [1.82, 2.24) is 14.9 Å². The van der Waals surface area contributed by atoms with Gasteiger partial charge < -0.3 is 5.32 Å². The second kappa shape index (κ2) is 7.62. The maximum atomic E-state index is 12.2. The standard InChI is InChI=1S/C14H18N4O3S2/c1-10(8-9-12-6-4-3-5-7-12)18-23(20,21)14-17-16-13(22-14)15-11(2)19/h3-7,10,18H,8-9H2,1-2H3,(H,15,16,19)/t10-/m1/s1. The lowest BCUT2D eigenvalue weighted by molar-refractivity contribution is -0.114. The molecule has 7 nitrogen and oxygen atoms in total. The molecule has 0 saturated heterocycles. The van der Waals surface area contributed by atoms with Crippen LogP contribution in [0.15, 0.2) is 34.7 Å². The number of amides is 1. The van der Waals surface area contributed by atoms with E-state index >= 15 is 0 Å². The van der Waals surface area contributed by atoms with E-state index in [1.54, 1.807) is 6.92 Å². The number of aryl methyl sites for hydroxylation is 1. The van der Waals surface area contributed by atoms with Crippen molar-refractivity contribution in [2.24, 2.45) is 0 Å². The van der Waals surface area contributed by atoms with E-state index < -0.39 is 10.0 Å². The maximum Gasteiger partial charge on any atom is 0.270 e. The predicted molar refractivity (Wildman–Crippen MR) is 88.8 cm³/mol. The van der Waals surface area contributed by atoms with Crippen LogP contribution < -0.4 is 10.0 Å². The lowest BCUT2D eigenvalue weighted by atomic mass is 10.1. The van der Waals surface area contributed by atoms with Gasteiger partial charge in [0.1, 0.15) is 0 Å². The Balaban J connectivity index is 1.94. The third-order valence-corrected chi connectivity index (χ3v) is 5.78. The minimum absolute atomic E-state index is 0.159. The first kappa shape index (κ1) is 17.5. The van der Waals surface area contributed by atoms with Gasteiger partial charge in [-0.3, -0.25) is 4.79 Å². The van der Waals surface area contributed by atoms with Crippen molar-refractivity contribution in [1.29, 1.82) is 0 Å². The molecule has 0 saturated carbocycles. The van der Waals surface area contributed by atoms with Gasteiger partial charge in [0.25, 0.3) is 10.0 Å². The molecule has 124 valence electrons. The molecular weight excluding hydrogens is 336 g/mol. The van der Waals surface area contributed by atoms with Gasteiger partial charge >= 0.3 is 0 Å². The fourth-order valence-electron chi connectivity index (χ4n) is 1.92. The number of nitrogens with one attached hydrogen (secondary N) is 2. The number of benzene rings is 1. The van der Waals surface area contributed by atoms with Crippen LogP contribution in [0.3, 0.4) is 0 Å². The summed E-state index contributed by atoms with van der Waals surface area (Å²) in [6.07, 6.45) is 1.44. The lowest BCUT2D eigenvalue weighted by Crippen LogP contribution is -2.32. The normalized spacial score (nSPS) is 12.8. The zero-order valence-electron chi connectivity index (χ0n) is 12.8. The summed E-state index contributed by atoms with van der Waals surface area (Å²) in [6, 6.07) is 9.62. The molecule has 0 radical (unpaired) electrons. The Morgan fingerprint density at radius 1 is 1.26 bits per heavy atom. The smallest absolute Gasteiger partial charge is 0.270 e. The van der Waals surface area contributed by atoms with E-state index in [9.17, 15) is 13.2 Å². The first-order valence-corrected chi connectivity index (χ1v) is 9.34. The van der Waals surface area contributed by atoms with Gasteiger partial charge in [0.15, 0.2) is 0 Å². The van der Waals surface area contributed by atoms with Crippen LogP contribution in [-0.4, -0.2) is 30.6 Å². The molecule has 1 aromatic heterocycles. The molecule has 9 heteroatoms. The van der Waals surface area contributed by atoms with Crippen LogP contribution >= 0.6 is 11.3 Å². The van der Waals surface area contributed by atoms with Gasteiger partial charge in [-0.25, -0.2) is 13.1 Å². The highest BCUT2D eigenvalue weighted by Crippen LogP contribution is 2.20. The van der Waals surface area contributed by atoms with Gasteiger partial charge in [-0.2, -0.15) is 0 Å². The van der Waals surface area contributed by atoms with Crippen molar-refractivity contribution >= 4 is 32.4 Å². The van der Waals surface area contributed by atoms with Crippen LogP contribution in [0.1, 0.15) is 25.8 Å². The molecule has 0 spiro atoms. The molecule has 2 aromatic rings. The summed E-state index contributed by atoms with van der Waals surface area (Å²) in [5, 5.41) is 9.83. The average molecular weight is 354 g/mol. The Morgan fingerprint density at radius 2 is 1.96 bits per heavy atom. The summed E-state index contributed by atoms with van der Waals surface area (Å²) in [5.74, 6) is -0.325. The summed E-state index contributed by atoms with van der Waals surface area (Å²) in [4.78, 5) is 10.9. The third kappa shape index (κ3) is 5.38. The number of aromatic nitrogens is 2. The fourth-order valence-corrected chi connectivity index (χ4v) is 4.16. The summed E-state index contributed by atoms with van der Waals surface area (Å²) < 4.78 is 26.9. The molecule has 1 heterocycles. The first-order valence-electron chi connectivity index (χ1n) is 7.04. The van der Waals surface area contributed by atoms with E-state index in [1.807, 2.05) is 30.3 Å². The summed E-state index contributed by atoms with van der Waals surface area (Å²) >= 11 is 0.820. The predicted octanol–water partition coefficient (Wildman–Crippen LogP) is 1.80. The zero-order chi connectivity index (χ0) is 16.9. The molecule has 2 N–H and O–H groups in total. The molecule has 0 aliphatic heterocycles. The minimum Gasteiger partial charge on any atom is -0.301 e. The maximum absolute atomic E-state index is 12.2. The molecule has 2 rings (SSSR count). The number of sulfonamides is 1. The average Bonchev–Trinajstić information content (AvgIpc) is 2.94. The Morgan fingerprint density at radius 3 is 2.61 bits per heavy atom. The lowest BCUT2D eigenvalue weighted by Gasteiger charge is -2.12. The summed E-state index contributed by atoms with van der Waals surface area (Å²) in [7, 11) is -3.74. The molecular formula is C14H18N4O3S2. The molecule has 0 fully saturated rings. The van der Waals surface area contributed by atoms with E-state index in [2.05, 4.69) is 20.2 Å². The van der Waals surface area contributed by atoms with Crippen molar-refractivity contribution in [3.63, 3.8) is 0 Å². The molecule has 1 atom stereocenters. The first-order chi connectivity index (χ1) is 10.9. The Labute approximate surface area is 139 Å². The number of carbonyl (C=O) groups excluding carboxylic acids is 1. The highest BCUT2D eigenvalue weighted by molar-refractivity contribution is 7.91. The molecule has 23 heavy (non-hydrogen) atoms. The quantitative estimate of drug-likeness (QED) is 0.738. The summed E-state index contributed by atoms with van der Waals surface area (Å²) in [6.45, 7) is 3.12. The monoisotopic (exact) mass is 354 g/mol. The Kier molecular flexibility index (Phi) is 5.80. The van der Waals surface area contributed by atoms with E-state index in [1.165, 1.54) is 6.92 Å². The third-order valence-electron chi connectivity index (χ3n) is 2.98. The highest BCUT2D eigenvalue weighted by atomic mass is 32.2. The van der Waals surface area contributed by atoms with Crippen LogP contribution in [0.4, 0.5) is 5.13 Å². The summed E-state index contributed by atoms with van der Waals surface area (Å²) in [5.41, 5.74) is 1.16. The van der Waals surface area contributed by atoms with Gasteiger partial charge in [-0.05, 0) is 25.3 Å². The molecule has 1 amide bonds. The zero-order valence-corrected chi connectivity index (χ0v) is 14.4. The van der Waals surface area contributed by atoms with Gasteiger partial charge in [-0.1, -0.05) is 41.7 Å². The van der Waals surface area contributed by atoms with E-state index in [0.29, 0.717) is 6.42 Å². The van der Waals surface area contributed by atoms with Gasteiger partial charge in [0, 0.05) is 13.0 Å². The Hall–Kier alpha value is -1.84. The van der Waals surface area contributed by atoms with Crippen LogP contribution in [0, 0.1) is 0 Å². The Bertz CT molecular complexity index is 759. The van der Waals surface area contributed by atoms with Crippen LogP contribution in [0.2, 0.25) is 0 Å². The molecule has 0 unspecified atom stereocenters. The fraction of sp³-hybridized carbons (Fsp3) is 0.357. The van der Waals surface area contributed by atoms with Crippen molar-refractivity contribution in [2.45, 2.75) is 37.1 Å². The molecule has 1 aromatic carbocycles. The van der Waals surface area contributed by atoms with Gasteiger partial charge in [0.2, 0.25) is 15.4 Å². The second-order valence-electron chi connectivity index (χ2n) is 5.10. The molecule has 0 bridgehead atoms. The largest absolute Gasteiger partial charge is 0.301 e. The number of anilines is 1. The van der Waals surface area contributed by atoms with Gasteiger partial charge in [-0.15, -0.1) is 10.2 Å². The number of hydrogen-bond acceptors (Lipinski definition) is 6. The number of hydrogen-bond donors (Lipinski definition) is 2. The van der Waals surface area contributed by atoms with Gasteiger partial charge in [0.05, 0.1) is 0 Å². The van der Waals surface area contributed by atoms with E-state index in [4.69, 9.17) is 0 Å². The van der Waals surface area contributed by atoms with Crippen molar-refractivity contribution in [3.05, 3.63) is 35.9 Å². The topological polar surface area (TPSA) is 101 Å². The number of nitrogens with zero attached hydrogens (tertiary/aromatic N) is 2. The van der Waals surface area contributed by atoms with E-state index in [-0.39, 0.29) is 21.4 Å². The van der Waals surface area contributed by atoms with Crippen LogP contribution in [0.5, 0.6) is 0 Å². The number of rotatable bonds is 7. The number of carbonyl (C=O) groups is 1. The second-order valence-corrected chi connectivity index (χ2v) is 7.97. The molecule has 0 aliphatic carbocycles. The highest BCUT2D eigenvalue weighted by Gasteiger charge is 2.22.